The van der Waals surface area contributed by atoms with Crippen LogP contribution in [0.1, 0.15) is 0 Å². The molecule has 0 aliphatic rings. The van der Waals surface area contributed by atoms with E-state index in [1.54, 1.807) is 0 Å². The van der Waals surface area contributed by atoms with E-state index in [1.807, 2.05) is 24.3 Å². The summed E-state index contributed by atoms with van der Waals surface area (Å²) in [6.45, 7) is 0. The number of fused-ring (bicyclic) bond motifs is 1. The van der Waals surface area contributed by atoms with Crippen molar-refractivity contribution in [3.05, 3.63) is 47.5 Å². The van der Waals surface area contributed by atoms with Crippen LogP contribution in [0.5, 0.6) is 0 Å². The van der Waals surface area contributed by atoms with E-state index in [4.69, 9.17) is 17.3 Å². The predicted molar refractivity (Wildman–Crippen MR) is 86.3 cm³/mol. The van der Waals surface area contributed by atoms with Crippen LogP contribution >= 0.6 is 22.9 Å². The Morgan fingerprint density at radius 1 is 1.19 bits per heavy atom. The fourth-order valence-electron chi connectivity index (χ4n) is 1.78. The molecule has 5 nitrogen and oxygen atoms in total. The van der Waals surface area contributed by atoms with Gasteiger partial charge in [-0.15, -0.1) is 0 Å². The monoisotopic (exact) mass is 339 g/mol. The third-order valence-electron chi connectivity index (χ3n) is 2.79. The Kier molecular flexibility index (Phi) is 3.48. The number of nitrogen functional groups attached to an aromatic ring is 1. The predicted octanol–water partition coefficient (Wildman–Crippen LogP) is 3.33. The molecule has 3 rings (SSSR count). The lowest BCUT2D eigenvalue weighted by Crippen LogP contribution is -2.13. The van der Waals surface area contributed by atoms with Crippen LogP contribution < -0.4 is 10.5 Å². The lowest BCUT2D eigenvalue weighted by atomic mass is 10.3. The van der Waals surface area contributed by atoms with E-state index in [9.17, 15) is 8.42 Å². The first-order valence-corrected chi connectivity index (χ1v) is 8.57. The number of sulfonamides is 1. The van der Waals surface area contributed by atoms with Crippen LogP contribution in [-0.2, 0) is 10.0 Å². The van der Waals surface area contributed by atoms with Crippen LogP contribution in [0, 0.1) is 0 Å². The lowest BCUT2D eigenvalue weighted by Gasteiger charge is -2.06. The Labute approximate surface area is 130 Å². The Morgan fingerprint density at radius 2 is 1.95 bits per heavy atom. The molecule has 108 valence electrons. The molecule has 0 fully saturated rings. The third-order valence-corrected chi connectivity index (χ3v) is 5.56. The molecule has 21 heavy (non-hydrogen) atoms. The lowest BCUT2D eigenvalue weighted by molar-refractivity contribution is 0.601. The van der Waals surface area contributed by atoms with Gasteiger partial charge in [-0.2, -0.15) is 0 Å². The van der Waals surface area contributed by atoms with Crippen molar-refractivity contribution in [1.82, 2.24) is 4.98 Å². The molecule has 8 heteroatoms. The van der Waals surface area contributed by atoms with Gasteiger partial charge in [-0.1, -0.05) is 35.1 Å². The summed E-state index contributed by atoms with van der Waals surface area (Å²) in [7, 11) is -3.74. The molecular weight excluding hydrogens is 330 g/mol. The molecule has 0 atom stereocenters. The first kappa shape index (κ1) is 14.1. The van der Waals surface area contributed by atoms with E-state index in [2.05, 4.69) is 9.71 Å². The van der Waals surface area contributed by atoms with Gasteiger partial charge < -0.3 is 5.73 Å². The second kappa shape index (κ2) is 5.18. The van der Waals surface area contributed by atoms with Gasteiger partial charge in [0.15, 0.2) is 5.13 Å². The first-order chi connectivity index (χ1) is 9.95. The highest BCUT2D eigenvalue weighted by molar-refractivity contribution is 7.93. The first-order valence-electron chi connectivity index (χ1n) is 5.89. The topological polar surface area (TPSA) is 85.1 Å². The largest absolute Gasteiger partial charge is 0.397 e. The summed E-state index contributed by atoms with van der Waals surface area (Å²) >= 11 is 7.06. The fourth-order valence-corrected chi connectivity index (χ4v) is 4.03. The van der Waals surface area contributed by atoms with Crippen molar-refractivity contribution in [3.63, 3.8) is 0 Å². The maximum absolute atomic E-state index is 12.3. The van der Waals surface area contributed by atoms with Crippen molar-refractivity contribution in [3.8, 4) is 0 Å². The number of hydrogen-bond acceptors (Lipinski definition) is 5. The molecule has 0 unspecified atom stereocenters. The SMILES string of the molecule is Nc1cc(S(=O)(=O)Nc2nc3ccccc3s2)ccc1Cl. The normalized spacial score (nSPS) is 11.7. The maximum atomic E-state index is 12.3. The number of halogens is 1. The molecule has 0 bridgehead atoms. The number of anilines is 2. The van der Waals surface area contributed by atoms with Crippen molar-refractivity contribution in [2.24, 2.45) is 0 Å². The molecule has 1 heterocycles. The van der Waals surface area contributed by atoms with Crippen molar-refractivity contribution >= 4 is 54.0 Å². The van der Waals surface area contributed by atoms with Gasteiger partial charge in [0, 0.05) is 0 Å². The number of thiazole rings is 1. The molecule has 3 aromatic rings. The van der Waals surface area contributed by atoms with Gasteiger partial charge in [0.2, 0.25) is 0 Å². The summed E-state index contributed by atoms with van der Waals surface area (Å²) in [5.41, 5.74) is 6.59. The average Bonchev–Trinajstić information content (AvgIpc) is 2.82. The highest BCUT2D eigenvalue weighted by atomic mass is 35.5. The number of para-hydroxylation sites is 1. The zero-order chi connectivity index (χ0) is 15.0. The minimum absolute atomic E-state index is 0.0451. The summed E-state index contributed by atoms with van der Waals surface area (Å²) in [5.74, 6) is 0. The maximum Gasteiger partial charge on any atom is 0.263 e. The van der Waals surface area contributed by atoms with Crippen molar-refractivity contribution in [2.75, 3.05) is 10.5 Å². The average molecular weight is 340 g/mol. The Bertz CT molecular complexity index is 889. The van der Waals surface area contributed by atoms with E-state index in [1.165, 1.54) is 29.5 Å². The van der Waals surface area contributed by atoms with Crippen LogP contribution in [0.15, 0.2) is 47.4 Å². The molecule has 3 N–H and O–H groups in total. The molecule has 1 aromatic heterocycles. The zero-order valence-electron chi connectivity index (χ0n) is 10.6. The van der Waals surface area contributed by atoms with Crippen LogP contribution in [0.3, 0.4) is 0 Å². The third kappa shape index (κ3) is 2.80. The number of nitrogens with two attached hydrogens (primary N) is 1. The minimum atomic E-state index is -3.74. The minimum Gasteiger partial charge on any atom is -0.397 e. The van der Waals surface area contributed by atoms with Gasteiger partial charge in [-0.3, -0.25) is 4.72 Å². The number of hydrogen-bond donors (Lipinski definition) is 2. The number of benzene rings is 2. The van der Waals surface area contributed by atoms with Crippen LogP contribution in [0.4, 0.5) is 10.8 Å². The summed E-state index contributed by atoms with van der Waals surface area (Å²) in [6, 6.07) is 11.6. The molecule has 0 saturated heterocycles. The van der Waals surface area contributed by atoms with E-state index < -0.39 is 10.0 Å². The standard InChI is InChI=1S/C13H10ClN3O2S2/c14-9-6-5-8(7-10(9)15)21(18,19)17-13-16-11-3-1-2-4-12(11)20-13/h1-7H,15H2,(H,16,17). The van der Waals surface area contributed by atoms with Crippen molar-refractivity contribution in [1.29, 1.82) is 0 Å². The molecule has 2 aromatic carbocycles. The van der Waals surface area contributed by atoms with Crippen LogP contribution in [-0.4, -0.2) is 13.4 Å². The molecule has 0 spiro atoms. The Hall–Kier alpha value is -1.83. The summed E-state index contributed by atoms with van der Waals surface area (Å²) in [4.78, 5) is 4.28. The second-order valence-electron chi connectivity index (χ2n) is 4.28. The molecule has 0 saturated carbocycles. The molecule has 0 aliphatic carbocycles. The van der Waals surface area contributed by atoms with Crippen molar-refractivity contribution in [2.45, 2.75) is 4.90 Å². The molecular formula is C13H10ClN3O2S2. The van der Waals surface area contributed by atoms with E-state index in [0.717, 1.165) is 10.2 Å². The summed E-state index contributed by atoms with van der Waals surface area (Å²) in [5, 5.41) is 0.624. The van der Waals surface area contributed by atoms with Gasteiger partial charge in [0.05, 0.1) is 25.8 Å². The highest BCUT2D eigenvalue weighted by Gasteiger charge is 2.17. The van der Waals surface area contributed by atoms with Gasteiger partial charge >= 0.3 is 0 Å². The number of rotatable bonds is 3. The number of nitrogens with one attached hydrogen (secondary N) is 1. The van der Waals surface area contributed by atoms with Gasteiger partial charge in [-0.05, 0) is 30.3 Å². The fraction of sp³-hybridized carbons (Fsp3) is 0. The number of aromatic nitrogens is 1. The highest BCUT2D eigenvalue weighted by Crippen LogP contribution is 2.28. The second-order valence-corrected chi connectivity index (χ2v) is 7.40. The van der Waals surface area contributed by atoms with E-state index in [-0.39, 0.29) is 10.6 Å². The zero-order valence-corrected chi connectivity index (χ0v) is 13.0. The molecule has 0 aliphatic heterocycles. The molecule has 0 amide bonds. The van der Waals surface area contributed by atoms with Gasteiger partial charge in [0.1, 0.15) is 0 Å². The van der Waals surface area contributed by atoms with E-state index in [0.29, 0.717) is 10.2 Å². The van der Waals surface area contributed by atoms with Crippen LogP contribution in [0.2, 0.25) is 5.02 Å². The number of nitrogens with zero attached hydrogens (tertiary/aromatic N) is 1. The quantitative estimate of drug-likeness (QED) is 0.717. The van der Waals surface area contributed by atoms with E-state index >= 15 is 0 Å². The Balaban J connectivity index is 1.96. The summed E-state index contributed by atoms with van der Waals surface area (Å²) in [6.07, 6.45) is 0. The summed E-state index contributed by atoms with van der Waals surface area (Å²) < 4.78 is 28.0. The van der Waals surface area contributed by atoms with Crippen molar-refractivity contribution < 1.29 is 8.42 Å². The molecule has 0 radical (unpaired) electrons. The van der Waals surface area contributed by atoms with Gasteiger partial charge in [-0.25, -0.2) is 13.4 Å². The van der Waals surface area contributed by atoms with Gasteiger partial charge in [0.25, 0.3) is 10.0 Å². The van der Waals surface area contributed by atoms with Crippen LogP contribution in [0.25, 0.3) is 10.2 Å². The smallest absolute Gasteiger partial charge is 0.263 e. The Morgan fingerprint density at radius 3 is 2.67 bits per heavy atom.